The summed E-state index contributed by atoms with van der Waals surface area (Å²) in [7, 11) is 0. The van der Waals surface area contributed by atoms with E-state index >= 15 is 0 Å². The second kappa shape index (κ2) is 8.57. The minimum absolute atomic E-state index is 0.250. The summed E-state index contributed by atoms with van der Waals surface area (Å²) >= 11 is 0. The molecule has 2 aromatic carbocycles. The van der Waals surface area contributed by atoms with Crippen LogP contribution >= 0.6 is 0 Å². The molecule has 126 valence electrons. The maximum absolute atomic E-state index is 11.9. The highest BCUT2D eigenvalue weighted by Crippen LogP contribution is 2.16. The van der Waals surface area contributed by atoms with Gasteiger partial charge in [-0.25, -0.2) is 9.59 Å². The van der Waals surface area contributed by atoms with Gasteiger partial charge in [-0.2, -0.15) is 0 Å². The van der Waals surface area contributed by atoms with Crippen molar-refractivity contribution in [1.82, 2.24) is 5.32 Å². The van der Waals surface area contributed by atoms with E-state index < -0.39 is 6.16 Å². The molecule has 2 rings (SSSR count). The zero-order valence-corrected chi connectivity index (χ0v) is 13.7. The van der Waals surface area contributed by atoms with Gasteiger partial charge in [-0.15, -0.1) is 0 Å². The molecular weight excluding hydrogens is 308 g/mol. The lowest BCUT2D eigenvalue weighted by Gasteiger charge is -2.10. The van der Waals surface area contributed by atoms with Crippen LogP contribution in [0.15, 0.2) is 48.5 Å². The van der Waals surface area contributed by atoms with Crippen molar-refractivity contribution in [3.05, 3.63) is 59.7 Å². The summed E-state index contributed by atoms with van der Waals surface area (Å²) in [4.78, 5) is 23.1. The molecule has 6 heteroatoms. The van der Waals surface area contributed by atoms with Gasteiger partial charge in [0.25, 0.3) is 0 Å². The van der Waals surface area contributed by atoms with E-state index in [1.165, 1.54) is 0 Å². The number of carbonyl (C=O) groups is 2. The molecular formula is C18H20N2O4. The maximum atomic E-state index is 11.9. The van der Waals surface area contributed by atoms with E-state index in [-0.39, 0.29) is 12.6 Å². The number of carbonyl (C=O) groups excluding carboxylic acids is 2. The van der Waals surface area contributed by atoms with Crippen LogP contribution in [-0.4, -0.2) is 18.8 Å². The van der Waals surface area contributed by atoms with E-state index in [1.54, 1.807) is 31.2 Å². The predicted molar refractivity (Wildman–Crippen MR) is 91.1 cm³/mol. The largest absolute Gasteiger partial charge is 0.513 e. The molecule has 0 aromatic heterocycles. The van der Waals surface area contributed by atoms with Gasteiger partial charge in [0.15, 0.2) is 0 Å². The molecule has 0 fully saturated rings. The second-order valence-electron chi connectivity index (χ2n) is 5.04. The Kier molecular flexibility index (Phi) is 6.19. The zero-order valence-electron chi connectivity index (χ0n) is 13.7. The summed E-state index contributed by atoms with van der Waals surface area (Å²) in [5, 5.41) is 5.51. The number of rotatable bonds is 5. The fourth-order valence-corrected chi connectivity index (χ4v) is 2.01. The summed E-state index contributed by atoms with van der Waals surface area (Å²) in [6.07, 6.45) is -0.755. The monoisotopic (exact) mass is 328 g/mol. The van der Waals surface area contributed by atoms with Gasteiger partial charge >= 0.3 is 12.2 Å². The highest BCUT2D eigenvalue weighted by atomic mass is 16.7. The first-order valence-corrected chi connectivity index (χ1v) is 7.62. The summed E-state index contributed by atoms with van der Waals surface area (Å²) in [5.74, 6) is 0.347. The third-order valence-electron chi connectivity index (χ3n) is 3.28. The summed E-state index contributed by atoms with van der Waals surface area (Å²) in [5.41, 5.74) is 2.78. The van der Waals surface area contributed by atoms with Gasteiger partial charge in [-0.1, -0.05) is 24.3 Å². The molecule has 0 aliphatic carbocycles. The van der Waals surface area contributed by atoms with Crippen LogP contribution in [0.4, 0.5) is 15.3 Å². The van der Waals surface area contributed by atoms with Crippen molar-refractivity contribution in [3.8, 4) is 5.75 Å². The number of aryl methyl sites for hydroxylation is 1. The first-order chi connectivity index (χ1) is 11.6. The fourth-order valence-electron chi connectivity index (χ4n) is 2.01. The van der Waals surface area contributed by atoms with E-state index in [9.17, 15) is 9.59 Å². The van der Waals surface area contributed by atoms with Crippen LogP contribution in [0.25, 0.3) is 0 Å². The van der Waals surface area contributed by atoms with Crippen LogP contribution in [0.3, 0.4) is 0 Å². The molecule has 0 aliphatic rings. The van der Waals surface area contributed by atoms with Crippen molar-refractivity contribution in [2.24, 2.45) is 0 Å². The Morgan fingerprint density at radius 3 is 2.42 bits per heavy atom. The maximum Gasteiger partial charge on any atom is 0.513 e. The number of nitrogens with one attached hydrogen (secondary N) is 2. The summed E-state index contributed by atoms with van der Waals surface area (Å²) in [6, 6.07) is 14.0. The predicted octanol–water partition coefficient (Wildman–Crippen LogP) is 3.85. The first-order valence-electron chi connectivity index (χ1n) is 7.62. The standard InChI is InChI=1S/C18H20N2O4/c1-3-23-18(22)24-16-10-8-15(9-11-16)20-17(21)19-12-14-7-5-4-6-13(14)2/h4-11H,3,12H2,1-2H3,(H2,19,20,21). The molecule has 2 N–H and O–H groups in total. The van der Waals surface area contributed by atoms with Crippen molar-refractivity contribution >= 4 is 17.9 Å². The van der Waals surface area contributed by atoms with Crippen LogP contribution < -0.4 is 15.4 Å². The molecule has 0 saturated carbocycles. The highest BCUT2D eigenvalue weighted by molar-refractivity contribution is 5.89. The molecule has 0 atom stereocenters. The Balaban J connectivity index is 1.83. The summed E-state index contributed by atoms with van der Waals surface area (Å²) in [6.45, 7) is 4.39. The molecule has 2 aromatic rings. The van der Waals surface area contributed by atoms with E-state index in [2.05, 4.69) is 15.4 Å². The second-order valence-corrected chi connectivity index (χ2v) is 5.04. The van der Waals surface area contributed by atoms with Gasteiger partial charge in [0.2, 0.25) is 0 Å². The van der Waals surface area contributed by atoms with Crippen molar-refractivity contribution in [3.63, 3.8) is 0 Å². The smallest absolute Gasteiger partial charge is 0.434 e. The van der Waals surface area contributed by atoms with E-state index in [4.69, 9.17) is 4.74 Å². The van der Waals surface area contributed by atoms with Gasteiger partial charge in [-0.3, -0.25) is 0 Å². The van der Waals surface area contributed by atoms with Gasteiger partial charge in [0.05, 0.1) is 6.61 Å². The number of benzene rings is 2. The van der Waals surface area contributed by atoms with Crippen LogP contribution in [0, 0.1) is 6.92 Å². The Morgan fingerprint density at radius 1 is 1.04 bits per heavy atom. The normalized spacial score (nSPS) is 9.92. The molecule has 0 radical (unpaired) electrons. The van der Waals surface area contributed by atoms with Crippen LogP contribution in [-0.2, 0) is 11.3 Å². The Bertz CT molecular complexity index is 698. The Morgan fingerprint density at radius 2 is 1.75 bits per heavy atom. The molecule has 24 heavy (non-hydrogen) atoms. The fraction of sp³-hybridized carbons (Fsp3) is 0.222. The third-order valence-corrected chi connectivity index (χ3v) is 3.28. The molecule has 0 saturated heterocycles. The lowest BCUT2D eigenvalue weighted by atomic mass is 10.1. The molecule has 0 heterocycles. The quantitative estimate of drug-likeness (QED) is 0.645. The number of hydrogen-bond acceptors (Lipinski definition) is 4. The van der Waals surface area contributed by atoms with Gasteiger partial charge in [0, 0.05) is 12.2 Å². The van der Waals surface area contributed by atoms with Gasteiger partial charge in [0.1, 0.15) is 5.75 Å². The Hall–Kier alpha value is -3.02. The number of amides is 2. The molecule has 0 aliphatic heterocycles. The van der Waals surface area contributed by atoms with E-state index in [0.29, 0.717) is 18.0 Å². The minimum Gasteiger partial charge on any atom is -0.434 e. The Labute approximate surface area is 140 Å². The van der Waals surface area contributed by atoms with Crippen molar-refractivity contribution in [2.45, 2.75) is 20.4 Å². The number of hydrogen-bond donors (Lipinski definition) is 2. The molecule has 0 unspecified atom stereocenters. The first kappa shape index (κ1) is 17.3. The molecule has 2 amide bonds. The highest BCUT2D eigenvalue weighted by Gasteiger charge is 2.06. The average Bonchev–Trinajstić information content (AvgIpc) is 2.56. The molecule has 0 spiro atoms. The van der Waals surface area contributed by atoms with Crippen LogP contribution in [0.5, 0.6) is 5.75 Å². The molecule has 6 nitrogen and oxygen atoms in total. The topological polar surface area (TPSA) is 76.7 Å². The number of ether oxygens (including phenoxy) is 2. The van der Waals surface area contributed by atoms with E-state index in [0.717, 1.165) is 11.1 Å². The molecule has 0 bridgehead atoms. The number of anilines is 1. The SMILES string of the molecule is CCOC(=O)Oc1ccc(NC(=O)NCc2ccccc2C)cc1. The van der Waals surface area contributed by atoms with Crippen molar-refractivity contribution < 1.29 is 19.1 Å². The number of urea groups is 1. The van der Waals surface area contributed by atoms with Crippen molar-refractivity contribution in [2.75, 3.05) is 11.9 Å². The van der Waals surface area contributed by atoms with E-state index in [1.807, 2.05) is 31.2 Å². The summed E-state index contributed by atoms with van der Waals surface area (Å²) < 4.78 is 9.63. The zero-order chi connectivity index (χ0) is 17.4. The third kappa shape index (κ3) is 5.31. The van der Waals surface area contributed by atoms with Gasteiger partial charge in [-0.05, 0) is 49.2 Å². The average molecular weight is 328 g/mol. The van der Waals surface area contributed by atoms with Crippen molar-refractivity contribution in [1.29, 1.82) is 0 Å². The lowest BCUT2D eigenvalue weighted by molar-refractivity contribution is 0.104. The van der Waals surface area contributed by atoms with Crippen LogP contribution in [0.1, 0.15) is 18.1 Å². The van der Waals surface area contributed by atoms with Gasteiger partial charge < -0.3 is 20.1 Å². The van der Waals surface area contributed by atoms with Crippen LogP contribution in [0.2, 0.25) is 0 Å². The minimum atomic E-state index is -0.755. The lowest BCUT2D eigenvalue weighted by Crippen LogP contribution is -2.28.